The first-order chi connectivity index (χ1) is 11.0. The zero-order valence-electron chi connectivity index (χ0n) is 14.4. The van der Waals surface area contributed by atoms with Gasteiger partial charge in [-0.15, -0.1) is 12.4 Å². The topological polar surface area (TPSA) is 46.0 Å². The average molecular weight is 460 g/mol. The summed E-state index contributed by atoms with van der Waals surface area (Å²) in [5.41, 5.74) is 4.13. The fourth-order valence-corrected chi connectivity index (χ4v) is 3.41. The van der Waals surface area contributed by atoms with E-state index in [0.717, 1.165) is 47.4 Å². The van der Waals surface area contributed by atoms with Crippen LogP contribution in [0.4, 0.5) is 5.69 Å². The molecule has 0 spiro atoms. The summed E-state index contributed by atoms with van der Waals surface area (Å²) in [6.07, 6.45) is 1.10. The number of rotatable bonds is 5. The summed E-state index contributed by atoms with van der Waals surface area (Å²) in [5.74, 6) is 0. The molecule has 0 aliphatic heterocycles. The highest BCUT2D eigenvalue weighted by atomic mass is 127. The molecular weight excluding hydrogens is 437 g/mol. The van der Waals surface area contributed by atoms with E-state index in [-0.39, 0.29) is 12.4 Å². The molecule has 0 aliphatic carbocycles. The van der Waals surface area contributed by atoms with E-state index >= 15 is 0 Å². The van der Waals surface area contributed by atoms with Gasteiger partial charge in [-0.25, -0.2) is 4.98 Å². The van der Waals surface area contributed by atoms with Crippen LogP contribution in [-0.4, -0.2) is 46.8 Å². The average Bonchev–Trinajstić information content (AvgIpc) is 2.77. The van der Waals surface area contributed by atoms with Crippen LogP contribution < -0.4 is 5.32 Å². The Kier molecular flexibility index (Phi) is 6.28. The van der Waals surface area contributed by atoms with Crippen LogP contribution >= 0.6 is 35.0 Å². The molecule has 130 valence electrons. The van der Waals surface area contributed by atoms with E-state index in [0.29, 0.717) is 0 Å². The minimum atomic E-state index is 0. The number of fused-ring (bicyclic) bond motifs is 2. The number of nitrogens with zero attached hydrogens (tertiary/aromatic N) is 4. The molecule has 2 aromatic heterocycles. The Morgan fingerprint density at radius 3 is 2.75 bits per heavy atom. The first-order valence-electron chi connectivity index (χ1n) is 7.78. The Bertz CT molecular complexity index is 859. The lowest BCUT2D eigenvalue weighted by Crippen LogP contribution is -2.16. The van der Waals surface area contributed by atoms with Gasteiger partial charge in [0, 0.05) is 22.5 Å². The molecule has 5 nitrogen and oxygen atoms in total. The molecule has 1 aromatic carbocycles. The zero-order chi connectivity index (χ0) is 16.6. The summed E-state index contributed by atoms with van der Waals surface area (Å²) in [4.78, 5) is 7.01. The number of anilines is 1. The SMILES string of the molecule is Cc1nn(C)c2nc3ccc(I)cc3c(NCCCN(C)C)c12.Cl. The van der Waals surface area contributed by atoms with Gasteiger partial charge in [-0.2, -0.15) is 5.10 Å². The molecule has 0 amide bonds. The molecule has 7 heteroatoms. The van der Waals surface area contributed by atoms with E-state index in [1.807, 2.05) is 11.7 Å². The van der Waals surface area contributed by atoms with Crippen molar-refractivity contribution < 1.29 is 0 Å². The third-order valence-corrected chi connectivity index (χ3v) is 4.65. The normalized spacial score (nSPS) is 11.2. The quantitative estimate of drug-likeness (QED) is 0.465. The summed E-state index contributed by atoms with van der Waals surface area (Å²) < 4.78 is 3.08. The molecule has 0 atom stereocenters. The van der Waals surface area contributed by atoms with E-state index in [9.17, 15) is 0 Å². The number of nitrogens with one attached hydrogen (secondary N) is 1. The molecule has 0 saturated heterocycles. The highest BCUT2D eigenvalue weighted by Crippen LogP contribution is 2.33. The molecule has 0 saturated carbocycles. The third-order valence-electron chi connectivity index (χ3n) is 3.98. The van der Waals surface area contributed by atoms with Gasteiger partial charge in [0.15, 0.2) is 5.65 Å². The van der Waals surface area contributed by atoms with Crippen molar-refractivity contribution in [1.29, 1.82) is 0 Å². The van der Waals surface area contributed by atoms with Crippen LogP contribution in [0.2, 0.25) is 0 Å². The minimum absolute atomic E-state index is 0. The van der Waals surface area contributed by atoms with E-state index in [1.54, 1.807) is 0 Å². The maximum atomic E-state index is 4.81. The van der Waals surface area contributed by atoms with Crippen LogP contribution in [0.3, 0.4) is 0 Å². The van der Waals surface area contributed by atoms with Crippen LogP contribution in [0.15, 0.2) is 18.2 Å². The van der Waals surface area contributed by atoms with Gasteiger partial charge in [-0.05, 0) is 74.8 Å². The maximum Gasteiger partial charge on any atom is 0.160 e. The molecule has 24 heavy (non-hydrogen) atoms. The Balaban J connectivity index is 0.00000208. The van der Waals surface area contributed by atoms with Crippen molar-refractivity contribution in [3.8, 4) is 0 Å². The van der Waals surface area contributed by atoms with Crippen molar-refractivity contribution in [2.45, 2.75) is 13.3 Å². The van der Waals surface area contributed by atoms with Gasteiger partial charge in [0.25, 0.3) is 0 Å². The van der Waals surface area contributed by atoms with Crippen molar-refractivity contribution in [3.63, 3.8) is 0 Å². The van der Waals surface area contributed by atoms with Crippen molar-refractivity contribution in [3.05, 3.63) is 27.5 Å². The molecule has 0 radical (unpaired) electrons. The number of hydrogen-bond acceptors (Lipinski definition) is 4. The highest BCUT2D eigenvalue weighted by Gasteiger charge is 2.15. The van der Waals surface area contributed by atoms with Gasteiger partial charge >= 0.3 is 0 Å². The van der Waals surface area contributed by atoms with E-state index in [4.69, 9.17) is 4.98 Å². The fraction of sp³-hybridized carbons (Fsp3) is 0.412. The monoisotopic (exact) mass is 459 g/mol. The van der Waals surface area contributed by atoms with E-state index in [1.165, 1.54) is 8.96 Å². The summed E-state index contributed by atoms with van der Waals surface area (Å²) in [6, 6.07) is 6.38. The van der Waals surface area contributed by atoms with Gasteiger partial charge < -0.3 is 10.2 Å². The summed E-state index contributed by atoms with van der Waals surface area (Å²) in [6.45, 7) is 4.06. The summed E-state index contributed by atoms with van der Waals surface area (Å²) in [7, 11) is 6.16. The number of aryl methyl sites for hydroxylation is 2. The highest BCUT2D eigenvalue weighted by molar-refractivity contribution is 14.1. The van der Waals surface area contributed by atoms with Crippen molar-refractivity contribution >= 4 is 62.6 Å². The Hall–Kier alpha value is -1.12. The Morgan fingerprint density at radius 2 is 2.04 bits per heavy atom. The van der Waals surface area contributed by atoms with Crippen molar-refractivity contribution in [2.75, 3.05) is 32.5 Å². The van der Waals surface area contributed by atoms with Crippen LogP contribution in [0, 0.1) is 10.5 Å². The van der Waals surface area contributed by atoms with Gasteiger partial charge in [0.05, 0.1) is 22.3 Å². The molecule has 0 aliphatic rings. The van der Waals surface area contributed by atoms with Crippen LogP contribution in [0.25, 0.3) is 21.9 Å². The molecule has 1 N–H and O–H groups in total. The Labute approximate surface area is 162 Å². The van der Waals surface area contributed by atoms with E-state index in [2.05, 4.69) is 77.1 Å². The second-order valence-electron chi connectivity index (χ2n) is 6.14. The maximum absolute atomic E-state index is 4.81. The van der Waals surface area contributed by atoms with Crippen molar-refractivity contribution in [1.82, 2.24) is 19.7 Å². The van der Waals surface area contributed by atoms with Crippen LogP contribution in [0.5, 0.6) is 0 Å². The molecule has 3 rings (SSSR count). The molecule has 0 unspecified atom stereocenters. The fourth-order valence-electron chi connectivity index (χ4n) is 2.91. The second kappa shape index (κ2) is 7.84. The van der Waals surface area contributed by atoms with Gasteiger partial charge in [0.2, 0.25) is 0 Å². The predicted molar refractivity (Wildman–Crippen MR) is 112 cm³/mol. The predicted octanol–water partition coefficient (Wildman–Crippen LogP) is 3.82. The smallest absolute Gasteiger partial charge is 0.160 e. The lowest BCUT2D eigenvalue weighted by Gasteiger charge is -2.14. The van der Waals surface area contributed by atoms with Crippen LogP contribution in [-0.2, 0) is 7.05 Å². The summed E-state index contributed by atoms with van der Waals surface area (Å²) in [5, 5.41) is 10.5. The first-order valence-corrected chi connectivity index (χ1v) is 8.86. The van der Waals surface area contributed by atoms with Gasteiger partial charge in [0.1, 0.15) is 0 Å². The van der Waals surface area contributed by atoms with E-state index < -0.39 is 0 Å². The first kappa shape index (κ1) is 19.2. The lowest BCUT2D eigenvalue weighted by atomic mass is 10.1. The largest absolute Gasteiger partial charge is 0.384 e. The van der Waals surface area contributed by atoms with Crippen LogP contribution in [0.1, 0.15) is 12.1 Å². The van der Waals surface area contributed by atoms with Gasteiger partial charge in [-0.1, -0.05) is 0 Å². The standard InChI is InChI=1S/C17H22IN5.ClH/c1-11-15-16(19-8-5-9-22(2)3)13-10-12(18)6-7-14(13)20-17(15)23(4)21-11;/h6-7,10H,5,8-9H2,1-4H3,(H,19,20);1H. The number of halogens is 2. The third kappa shape index (κ3) is 3.75. The molecule has 2 heterocycles. The summed E-state index contributed by atoms with van der Waals surface area (Å²) >= 11 is 2.35. The number of benzene rings is 1. The lowest BCUT2D eigenvalue weighted by molar-refractivity contribution is 0.405. The number of aromatic nitrogens is 3. The zero-order valence-corrected chi connectivity index (χ0v) is 17.4. The molecule has 3 aromatic rings. The second-order valence-corrected chi connectivity index (χ2v) is 7.39. The number of hydrogen-bond donors (Lipinski definition) is 1. The van der Waals surface area contributed by atoms with Crippen molar-refractivity contribution in [2.24, 2.45) is 7.05 Å². The number of pyridine rings is 1. The molecule has 0 bridgehead atoms. The Morgan fingerprint density at radius 1 is 1.29 bits per heavy atom. The minimum Gasteiger partial charge on any atom is -0.384 e. The van der Waals surface area contributed by atoms with Gasteiger partial charge in [-0.3, -0.25) is 4.68 Å². The molecular formula is C17H23ClIN5. The molecule has 0 fully saturated rings.